The molecule has 23 heavy (non-hydrogen) atoms. The number of hydrogen-bond donors (Lipinski definition) is 1. The zero-order valence-corrected chi connectivity index (χ0v) is 13.6. The molecule has 3 aromatic rings. The van der Waals surface area contributed by atoms with Crippen molar-refractivity contribution >= 4 is 22.7 Å². The Labute approximate surface area is 135 Å². The van der Waals surface area contributed by atoms with Crippen LogP contribution in [0.5, 0.6) is 0 Å². The van der Waals surface area contributed by atoms with Gasteiger partial charge in [0.15, 0.2) is 5.58 Å². The summed E-state index contributed by atoms with van der Waals surface area (Å²) in [6.07, 6.45) is 0.503. The quantitative estimate of drug-likeness (QED) is 0.754. The predicted octanol–water partition coefficient (Wildman–Crippen LogP) is 4.79. The highest BCUT2D eigenvalue weighted by molar-refractivity contribution is 5.93. The lowest BCUT2D eigenvalue weighted by atomic mass is 10.1. The van der Waals surface area contributed by atoms with E-state index in [2.05, 4.69) is 10.3 Å². The van der Waals surface area contributed by atoms with Gasteiger partial charge in [0, 0.05) is 23.7 Å². The van der Waals surface area contributed by atoms with Crippen LogP contribution in [-0.4, -0.2) is 10.9 Å². The SMILES string of the molecule is Cc1cccc(-c2nc3ccc(NC(=O)CC(C)C)cc3o2)c1. The maximum Gasteiger partial charge on any atom is 0.227 e. The van der Waals surface area contributed by atoms with E-state index in [-0.39, 0.29) is 5.91 Å². The van der Waals surface area contributed by atoms with Gasteiger partial charge in [-0.3, -0.25) is 4.79 Å². The van der Waals surface area contributed by atoms with Gasteiger partial charge in [-0.1, -0.05) is 31.5 Å². The number of oxazole rings is 1. The van der Waals surface area contributed by atoms with Crippen LogP contribution in [0.15, 0.2) is 46.9 Å². The Kier molecular flexibility index (Phi) is 4.15. The summed E-state index contributed by atoms with van der Waals surface area (Å²) in [7, 11) is 0. The van der Waals surface area contributed by atoms with Gasteiger partial charge >= 0.3 is 0 Å². The molecule has 0 aliphatic rings. The Morgan fingerprint density at radius 3 is 2.78 bits per heavy atom. The maximum atomic E-state index is 11.9. The smallest absolute Gasteiger partial charge is 0.227 e. The van der Waals surface area contributed by atoms with Crippen LogP contribution >= 0.6 is 0 Å². The second-order valence-electron chi connectivity index (χ2n) is 6.22. The highest BCUT2D eigenvalue weighted by Crippen LogP contribution is 2.26. The lowest BCUT2D eigenvalue weighted by molar-refractivity contribution is -0.116. The number of rotatable bonds is 4. The van der Waals surface area contributed by atoms with E-state index in [0.717, 1.165) is 22.3 Å². The zero-order chi connectivity index (χ0) is 16.4. The van der Waals surface area contributed by atoms with Crippen LogP contribution in [0.3, 0.4) is 0 Å². The fourth-order valence-corrected chi connectivity index (χ4v) is 2.49. The molecule has 4 nitrogen and oxygen atoms in total. The molecule has 0 fully saturated rings. The number of carbonyl (C=O) groups excluding carboxylic acids is 1. The van der Waals surface area contributed by atoms with E-state index in [0.29, 0.717) is 23.8 Å². The molecule has 0 aliphatic carbocycles. The van der Waals surface area contributed by atoms with Gasteiger partial charge in [-0.05, 0) is 37.1 Å². The number of hydrogen-bond acceptors (Lipinski definition) is 3. The van der Waals surface area contributed by atoms with Gasteiger partial charge in [-0.25, -0.2) is 4.98 Å². The molecule has 0 saturated heterocycles. The molecule has 1 heterocycles. The summed E-state index contributed by atoms with van der Waals surface area (Å²) in [6, 6.07) is 13.6. The largest absolute Gasteiger partial charge is 0.436 e. The molecule has 1 N–H and O–H groups in total. The first-order valence-electron chi connectivity index (χ1n) is 7.79. The molecule has 0 bridgehead atoms. The molecule has 0 radical (unpaired) electrons. The van der Waals surface area contributed by atoms with E-state index >= 15 is 0 Å². The van der Waals surface area contributed by atoms with E-state index in [1.165, 1.54) is 0 Å². The van der Waals surface area contributed by atoms with Gasteiger partial charge in [0.2, 0.25) is 11.8 Å². The predicted molar refractivity (Wildman–Crippen MR) is 92.3 cm³/mol. The van der Waals surface area contributed by atoms with Gasteiger partial charge in [0.1, 0.15) is 5.52 Å². The standard InChI is InChI=1S/C19H20N2O2/c1-12(2)9-18(22)20-15-7-8-16-17(11-15)23-19(21-16)14-6-4-5-13(3)10-14/h4-8,10-12H,9H2,1-3H3,(H,20,22). The number of aryl methyl sites for hydroxylation is 1. The summed E-state index contributed by atoms with van der Waals surface area (Å²) >= 11 is 0. The molecule has 0 spiro atoms. The molecule has 2 aromatic carbocycles. The summed E-state index contributed by atoms with van der Waals surface area (Å²) in [4.78, 5) is 16.4. The molecule has 0 unspecified atom stereocenters. The fourth-order valence-electron chi connectivity index (χ4n) is 2.49. The summed E-state index contributed by atoms with van der Waals surface area (Å²) < 4.78 is 5.85. The first-order chi connectivity index (χ1) is 11.0. The molecule has 0 saturated carbocycles. The minimum Gasteiger partial charge on any atom is -0.436 e. The molecule has 3 rings (SSSR count). The van der Waals surface area contributed by atoms with Crippen LogP contribution in [0.2, 0.25) is 0 Å². The van der Waals surface area contributed by atoms with Crippen molar-refractivity contribution in [2.24, 2.45) is 5.92 Å². The molecule has 0 aliphatic heterocycles. The first kappa shape index (κ1) is 15.3. The van der Waals surface area contributed by atoms with Gasteiger partial charge in [0.05, 0.1) is 0 Å². The molecule has 1 amide bonds. The zero-order valence-electron chi connectivity index (χ0n) is 13.6. The third kappa shape index (κ3) is 3.59. The van der Waals surface area contributed by atoms with E-state index in [4.69, 9.17) is 4.42 Å². The lowest BCUT2D eigenvalue weighted by Crippen LogP contribution is -2.13. The third-order valence-electron chi connectivity index (χ3n) is 3.53. The normalized spacial score (nSPS) is 11.1. The van der Waals surface area contributed by atoms with E-state index in [1.54, 1.807) is 0 Å². The Morgan fingerprint density at radius 1 is 1.22 bits per heavy atom. The fraction of sp³-hybridized carbons (Fsp3) is 0.263. The lowest BCUT2D eigenvalue weighted by Gasteiger charge is -2.06. The van der Waals surface area contributed by atoms with E-state index in [1.807, 2.05) is 63.2 Å². The van der Waals surface area contributed by atoms with Crippen LogP contribution in [0, 0.1) is 12.8 Å². The average molecular weight is 308 g/mol. The van der Waals surface area contributed by atoms with Gasteiger partial charge in [0.25, 0.3) is 0 Å². The molecular weight excluding hydrogens is 288 g/mol. The topological polar surface area (TPSA) is 55.1 Å². The number of nitrogens with one attached hydrogen (secondary N) is 1. The van der Waals surface area contributed by atoms with Crippen molar-refractivity contribution in [3.05, 3.63) is 48.0 Å². The number of benzene rings is 2. The number of amides is 1. The van der Waals surface area contributed by atoms with Crippen molar-refractivity contribution < 1.29 is 9.21 Å². The summed E-state index contributed by atoms with van der Waals surface area (Å²) in [6.45, 7) is 6.08. The number of carbonyl (C=O) groups is 1. The maximum absolute atomic E-state index is 11.9. The number of anilines is 1. The molecule has 1 aromatic heterocycles. The molecule has 0 atom stereocenters. The van der Waals surface area contributed by atoms with Gasteiger partial charge < -0.3 is 9.73 Å². The summed E-state index contributed by atoms with van der Waals surface area (Å²) in [5.74, 6) is 0.934. The molecule has 4 heteroatoms. The number of nitrogens with zero attached hydrogens (tertiary/aromatic N) is 1. The Morgan fingerprint density at radius 2 is 2.04 bits per heavy atom. The summed E-state index contributed by atoms with van der Waals surface area (Å²) in [5.41, 5.74) is 4.29. The van der Waals surface area contributed by atoms with Crippen molar-refractivity contribution in [2.45, 2.75) is 27.2 Å². The van der Waals surface area contributed by atoms with Crippen molar-refractivity contribution in [3.8, 4) is 11.5 Å². The second kappa shape index (κ2) is 6.24. The minimum atomic E-state index is 0.0118. The van der Waals surface area contributed by atoms with Gasteiger partial charge in [-0.2, -0.15) is 0 Å². The molecule has 118 valence electrons. The second-order valence-corrected chi connectivity index (χ2v) is 6.22. The van der Waals surface area contributed by atoms with Crippen molar-refractivity contribution in [3.63, 3.8) is 0 Å². The highest BCUT2D eigenvalue weighted by Gasteiger charge is 2.10. The number of aromatic nitrogens is 1. The minimum absolute atomic E-state index is 0.0118. The van der Waals surface area contributed by atoms with Crippen molar-refractivity contribution in [1.82, 2.24) is 4.98 Å². The van der Waals surface area contributed by atoms with Crippen LogP contribution in [0.1, 0.15) is 25.8 Å². The van der Waals surface area contributed by atoms with Crippen LogP contribution in [0.4, 0.5) is 5.69 Å². The van der Waals surface area contributed by atoms with Crippen LogP contribution < -0.4 is 5.32 Å². The van der Waals surface area contributed by atoms with E-state index in [9.17, 15) is 4.79 Å². The van der Waals surface area contributed by atoms with Gasteiger partial charge in [-0.15, -0.1) is 0 Å². The Bertz CT molecular complexity index is 849. The van der Waals surface area contributed by atoms with Crippen molar-refractivity contribution in [2.75, 3.05) is 5.32 Å². The monoisotopic (exact) mass is 308 g/mol. The van der Waals surface area contributed by atoms with Crippen molar-refractivity contribution in [1.29, 1.82) is 0 Å². The third-order valence-corrected chi connectivity index (χ3v) is 3.53. The Balaban J connectivity index is 1.87. The molecular formula is C19H20N2O2. The van der Waals surface area contributed by atoms with Crippen LogP contribution in [-0.2, 0) is 4.79 Å². The number of fused-ring (bicyclic) bond motifs is 1. The Hall–Kier alpha value is -2.62. The average Bonchev–Trinajstić information content (AvgIpc) is 2.89. The summed E-state index contributed by atoms with van der Waals surface area (Å²) in [5, 5.41) is 2.90. The highest BCUT2D eigenvalue weighted by atomic mass is 16.3. The van der Waals surface area contributed by atoms with E-state index < -0.39 is 0 Å². The van der Waals surface area contributed by atoms with Crippen LogP contribution in [0.25, 0.3) is 22.6 Å². The first-order valence-corrected chi connectivity index (χ1v) is 7.79.